The first-order valence-corrected chi connectivity index (χ1v) is 3.19. The highest BCUT2D eigenvalue weighted by Gasteiger charge is 2.07. The van der Waals surface area contributed by atoms with Gasteiger partial charge in [0.05, 0.1) is 0 Å². The number of hydrogen-bond donors (Lipinski definition) is 1. The largest absolute Gasteiger partial charge is 0.192 e. The normalized spacial score (nSPS) is 19.1. The van der Waals surface area contributed by atoms with E-state index in [2.05, 4.69) is 27.7 Å². The maximum absolute atomic E-state index is 5.55. The molecule has 4 heteroatoms. The molecular formula is C3H3ClIN2+. The van der Waals surface area contributed by atoms with E-state index in [4.69, 9.17) is 11.6 Å². The molecule has 0 bridgehead atoms. The Morgan fingerprint density at radius 3 is 2.71 bits per heavy atom. The van der Waals surface area contributed by atoms with Crippen LogP contribution in [-0.2, 0) is 0 Å². The molecule has 0 aromatic rings. The molecule has 7 heavy (non-hydrogen) atoms. The molecule has 0 fully saturated rings. The van der Waals surface area contributed by atoms with Crippen LogP contribution in [0.25, 0.3) is 0 Å². The lowest BCUT2D eigenvalue weighted by atomic mass is 10.7. The molecule has 38 valence electrons. The molecule has 0 spiro atoms. The van der Waals surface area contributed by atoms with Gasteiger partial charge in [-0.15, -0.1) is 0 Å². The highest BCUT2D eigenvalue weighted by atomic mass is 127. The number of allylic oxidation sites excluding steroid dienone is 1. The van der Waals surface area contributed by atoms with Crippen LogP contribution >= 0.6 is 34.2 Å². The second kappa shape index (κ2) is 2.11. The van der Waals surface area contributed by atoms with Crippen molar-refractivity contribution >= 4 is 37.9 Å². The molecule has 0 saturated carbocycles. The number of nitrogens with zero attached hydrogens (tertiary/aromatic N) is 1. The van der Waals surface area contributed by atoms with E-state index in [-0.39, 0.29) is 0 Å². The Bertz CT molecular complexity index is 124. The van der Waals surface area contributed by atoms with Gasteiger partial charge in [-0.2, -0.15) is 5.43 Å². The van der Waals surface area contributed by atoms with E-state index in [1.807, 2.05) is 0 Å². The fourth-order valence-corrected chi connectivity index (χ4v) is 0.744. The fourth-order valence-electron chi connectivity index (χ4n) is 0.299. The molecule has 1 aliphatic heterocycles. The van der Waals surface area contributed by atoms with Gasteiger partial charge >= 0.3 is 0 Å². The van der Waals surface area contributed by atoms with Crippen LogP contribution in [0, 0.1) is 0 Å². The van der Waals surface area contributed by atoms with Crippen LogP contribution in [0.2, 0.25) is 0 Å². The van der Waals surface area contributed by atoms with Crippen molar-refractivity contribution in [3.63, 3.8) is 0 Å². The van der Waals surface area contributed by atoms with E-state index in [1.165, 1.54) is 0 Å². The topological polar surface area (TPSA) is 29.0 Å². The minimum absolute atomic E-state index is 0.737. The van der Waals surface area contributed by atoms with Crippen molar-refractivity contribution in [2.75, 3.05) is 0 Å². The van der Waals surface area contributed by atoms with Gasteiger partial charge in [-0.25, -0.2) is 0 Å². The zero-order chi connectivity index (χ0) is 5.28. The molecule has 0 saturated heterocycles. The maximum Gasteiger partial charge on any atom is 0.180 e. The number of nitrogens with two attached hydrogens (primary N) is 1. The van der Waals surface area contributed by atoms with E-state index in [9.17, 15) is 0 Å². The van der Waals surface area contributed by atoms with Gasteiger partial charge in [-0.05, 0) is 22.6 Å². The van der Waals surface area contributed by atoms with Crippen molar-refractivity contribution in [1.29, 1.82) is 0 Å². The maximum atomic E-state index is 5.55. The Morgan fingerprint density at radius 1 is 1.86 bits per heavy atom. The summed E-state index contributed by atoms with van der Waals surface area (Å²) < 4.78 is 0.874. The Balaban J connectivity index is 2.78. The van der Waals surface area contributed by atoms with E-state index in [0.717, 1.165) is 8.75 Å². The predicted molar refractivity (Wildman–Crippen MR) is 37.3 cm³/mol. The fraction of sp³-hybridized carbons (Fsp3) is 0. The summed E-state index contributed by atoms with van der Waals surface area (Å²) in [6, 6.07) is 0. The van der Waals surface area contributed by atoms with Crippen molar-refractivity contribution in [1.82, 2.24) is 0 Å². The zero-order valence-electron chi connectivity index (χ0n) is 3.36. The van der Waals surface area contributed by atoms with Gasteiger partial charge in [-0.3, -0.25) is 0 Å². The first-order valence-electron chi connectivity index (χ1n) is 1.73. The highest BCUT2D eigenvalue weighted by Crippen LogP contribution is 2.08. The minimum Gasteiger partial charge on any atom is -0.192 e. The van der Waals surface area contributed by atoms with Crippen molar-refractivity contribution < 1.29 is 5.43 Å². The van der Waals surface area contributed by atoms with E-state index in [0.29, 0.717) is 0 Å². The summed E-state index contributed by atoms with van der Waals surface area (Å²) in [6.07, 6.45) is 1.77. The lowest BCUT2D eigenvalue weighted by Gasteiger charge is -1.73. The SMILES string of the molecule is ClC1=C[NH2+]N=C1I. The number of rotatable bonds is 0. The van der Waals surface area contributed by atoms with Crippen molar-refractivity contribution in [3.05, 3.63) is 11.2 Å². The first kappa shape index (κ1) is 5.53. The van der Waals surface area contributed by atoms with Crippen LogP contribution in [0.15, 0.2) is 16.3 Å². The Kier molecular flexibility index (Phi) is 1.66. The van der Waals surface area contributed by atoms with E-state index >= 15 is 0 Å². The predicted octanol–water partition coefficient (Wildman–Crippen LogP) is 0.392. The molecule has 2 nitrogen and oxygen atoms in total. The van der Waals surface area contributed by atoms with Crippen LogP contribution < -0.4 is 5.43 Å². The number of halogens is 2. The van der Waals surface area contributed by atoms with E-state index < -0.39 is 0 Å². The zero-order valence-corrected chi connectivity index (χ0v) is 6.27. The third-order valence-corrected chi connectivity index (χ3v) is 2.09. The molecule has 1 aliphatic rings. The number of quaternary nitrogens is 1. The van der Waals surface area contributed by atoms with Crippen LogP contribution in [-0.4, -0.2) is 3.72 Å². The summed E-state index contributed by atoms with van der Waals surface area (Å²) in [5, 5.41) is 4.61. The Morgan fingerprint density at radius 2 is 2.57 bits per heavy atom. The molecular weight excluding hydrogens is 226 g/mol. The number of hydrogen-bond acceptors (Lipinski definition) is 1. The molecule has 0 aliphatic carbocycles. The molecule has 0 atom stereocenters. The van der Waals surface area contributed by atoms with Gasteiger partial charge in [0, 0.05) is 0 Å². The van der Waals surface area contributed by atoms with Crippen molar-refractivity contribution in [2.45, 2.75) is 0 Å². The van der Waals surface area contributed by atoms with Crippen LogP contribution in [0.1, 0.15) is 0 Å². The standard InChI is InChI=1S/C3H2ClIN2/c4-2-1-6-7-3(2)5/h1H,(H,6,7)/p+1. The molecule has 0 amide bonds. The third kappa shape index (κ3) is 1.14. The Hall–Kier alpha value is 0.390. The van der Waals surface area contributed by atoms with Crippen molar-refractivity contribution in [3.8, 4) is 0 Å². The summed E-state index contributed by atoms with van der Waals surface area (Å²) in [7, 11) is 0. The second-order valence-electron chi connectivity index (χ2n) is 1.08. The summed E-state index contributed by atoms with van der Waals surface area (Å²) in [6.45, 7) is 0. The lowest BCUT2D eigenvalue weighted by molar-refractivity contribution is -0.590. The molecule has 0 radical (unpaired) electrons. The van der Waals surface area contributed by atoms with Crippen molar-refractivity contribution in [2.24, 2.45) is 5.10 Å². The monoisotopic (exact) mass is 229 g/mol. The molecule has 1 rings (SSSR count). The molecule has 1 heterocycles. The van der Waals surface area contributed by atoms with Gasteiger partial charge in [0.25, 0.3) is 0 Å². The second-order valence-corrected chi connectivity index (χ2v) is 2.51. The summed E-state index contributed by atoms with van der Waals surface area (Å²) in [4.78, 5) is 0. The van der Waals surface area contributed by atoms with Crippen LogP contribution in [0.4, 0.5) is 0 Å². The minimum atomic E-state index is 0.737. The van der Waals surface area contributed by atoms with Gasteiger partial charge < -0.3 is 0 Å². The quantitative estimate of drug-likeness (QED) is 0.460. The molecule has 0 aromatic carbocycles. The average molecular weight is 229 g/mol. The van der Waals surface area contributed by atoms with Gasteiger partial charge in [-0.1, -0.05) is 16.7 Å². The highest BCUT2D eigenvalue weighted by molar-refractivity contribution is 14.1. The van der Waals surface area contributed by atoms with Gasteiger partial charge in [0.2, 0.25) is 0 Å². The van der Waals surface area contributed by atoms with Crippen LogP contribution in [0.3, 0.4) is 0 Å². The lowest BCUT2D eigenvalue weighted by Crippen LogP contribution is -2.69. The van der Waals surface area contributed by atoms with Crippen LogP contribution in [0.5, 0.6) is 0 Å². The first-order chi connectivity index (χ1) is 3.30. The Labute approximate surface area is 59.8 Å². The summed E-state index contributed by atoms with van der Waals surface area (Å²) >= 11 is 7.63. The average Bonchev–Trinajstić information content (AvgIpc) is 1.91. The molecule has 0 aromatic heterocycles. The third-order valence-electron chi connectivity index (χ3n) is 0.606. The molecule has 2 N–H and O–H groups in total. The van der Waals surface area contributed by atoms with Gasteiger partial charge in [0.15, 0.2) is 3.72 Å². The summed E-state index contributed by atoms with van der Waals surface area (Å²) in [5.41, 5.74) is 1.68. The van der Waals surface area contributed by atoms with Gasteiger partial charge in [0.1, 0.15) is 11.2 Å². The smallest absolute Gasteiger partial charge is 0.180 e. The van der Waals surface area contributed by atoms with E-state index in [1.54, 1.807) is 11.6 Å². The summed E-state index contributed by atoms with van der Waals surface area (Å²) in [5.74, 6) is 0. The molecule has 0 unspecified atom stereocenters.